The Bertz CT molecular complexity index is 1130. The normalized spacial score (nSPS) is 10.1. The lowest BCUT2D eigenvalue weighted by Gasteiger charge is -2.30. The molecule has 31 heavy (non-hydrogen) atoms. The maximum Gasteiger partial charge on any atom is 0.292 e. The van der Waals surface area contributed by atoms with Gasteiger partial charge in [-0.05, 0) is 87.0 Å². The number of ether oxygens (including phenoxy) is 4. The summed E-state index contributed by atoms with van der Waals surface area (Å²) in [5.74, 6) is 0.0771. The first-order valence-corrected chi connectivity index (χ1v) is 11.1. The van der Waals surface area contributed by atoms with Crippen molar-refractivity contribution in [1.82, 2.24) is 0 Å². The van der Waals surface area contributed by atoms with Gasteiger partial charge < -0.3 is 18.9 Å². The fraction of sp³-hybridized carbons (Fsp3) is 0.158. The zero-order valence-electron chi connectivity index (χ0n) is 15.6. The lowest BCUT2D eigenvalue weighted by Crippen LogP contribution is -2.21. The number of hydrogen-bond donors (Lipinski definition) is 0. The Labute approximate surface area is 211 Å². The maximum absolute atomic E-state index is 9.05. The lowest BCUT2D eigenvalue weighted by molar-refractivity contribution is 0.431. The van der Waals surface area contributed by atoms with Crippen LogP contribution in [-0.4, -0.2) is 0 Å². The van der Waals surface area contributed by atoms with E-state index in [0.29, 0.717) is 29.0 Å². The molecular weight excluding hydrogens is 668 g/mol. The van der Waals surface area contributed by atoms with Crippen molar-refractivity contribution in [2.24, 2.45) is 0 Å². The molecule has 0 aliphatic heterocycles. The summed E-state index contributed by atoms with van der Waals surface area (Å²) in [4.78, 5) is 0. The summed E-state index contributed by atoms with van der Waals surface area (Å²) >= 11 is 13.6. The lowest BCUT2D eigenvalue weighted by atomic mass is 9.78. The third-order valence-electron chi connectivity index (χ3n) is 4.20. The van der Waals surface area contributed by atoms with Gasteiger partial charge in [0, 0.05) is 5.41 Å². The average molecular weight is 676 g/mol. The summed E-state index contributed by atoms with van der Waals surface area (Å²) in [6, 6.07) is 3.40. The molecule has 0 unspecified atom stereocenters. The second-order valence-corrected chi connectivity index (χ2v) is 9.45. The number of nitriles is 4. The van der Waals surface area contributed by atoms with Crippen LogP contribution in [0.5, 0.6) is 23.0 Å². The van der Waals surface area contributed by atoms with E-state index in [4.69, 9.17) is 40.0 Å². The molecule has 0 N–H and O–H groups in total. The van der Waals surface area contributed by atoms with Crippen LogP contribution in [-0.2, 0) is 5.41 Å². The number of rotatable bonds is 6. The molecule has 0 saturated carbocycles. The summed E-state index contributed by atoms with van der Waals surface area (Å²) < 4.78 is 21.5. The van der Waals surface area contributed by atoms with Crippen molar-refractivity contribution >= 4 is 63.7 Å². The topological polar surface area (TPSA) is 132 Å². The van der Waals surface area contributed by atoms with Gasteiger partial charge in [-0.25, -0.2) is 0 Å². The standard InChI is InChI=1S/C19H8Br4N4O4/c1-19(2,9-3-11(20)15(28-5-24)17(13(9)22)30-7-26)10-4-12(21)16(29-6-25)18(14(10)23)31-8-27/h3-4H,1-2H3. The molecule has 0 saturated heterocycles. The summed E-state index contributed by atoms with van der Waals surface area (Å²) in [5, 5.41) is 35.9. The van der Waals surface area contributed by atoms with E-state index in [0.717, 1.165) is 0 Å². The first-order chi connectivity index (χ1) is 14.6. The minimum atomic E-state index is -0.805. The predicted molar refractivity (Wildman–Crippen MR) is 121 cm³/mol. The molecule has 0 radical (unpaired) electrons. The molecule has 0 aliphatic carbocycles. The summed E-state index contributed by atoms with van der Waals surface area (Å²) in [6.45, 7) is 3.74. The smallest absolute Gasteiger partial charge is 0.292 e. The number of halogens is 4. The van der Waals surface area contributed by atoms with Crippen molar-refractivity contribution in [3.63, 3.8) is 0 Å². The van der Waals surface area contributed by atoms with Crippen LogP contribution in [0.1, 0.15) is 25.0 Å². The molecular formula is C19H8Br4N4O4. The first kappa shape index (κ1) is 24.8. The monoisotopic (exact) mass is 672 g/mol. The van der Waals surface area contributed by atoms with Crippen molar-refractivity contribution in [3.05, 3.63) is 41.2 Å². The van der Waals surface area contributed by atoms with Gasteiger partial charge in [-0.3, -0.25) is 0 Å². The number of hydrogen-bond acceptors (Lipinski definition) is 8. The molecule has 12 heteroatoms. The highest BCUT2D eigenvalue weighted by Gasteiger charge is 2.34. The second-order valence-electron chi connectivity index (χ2n) is 6.15. The first-order valence-electron chi connectivity index (χ1n) is 7.94. The van der Waals surface area contributed by atoms with Gasteiger partial charge in [-0.1, -0.05) is 13.8 Å². The van der Waals surface area contributed by atoms with Crippen LogP contribution in [0.15, 0.2) is 30.0 Å². The number of benzene rings is 2. The summed E-state index contributed by atoms with van der Waals surface area (Å²) in [6.07, 6.45) is 6.27. The van der Waals surface area contributed by atoms with E-state index < -0.39 is 5.41 Å². The summed E-state index contributed by atoms with van der Waals surface area (Å²) in [5.41, 5.74) is 0.471. The zero-order valence-corrected chi connectivity index (χ0v) is 21.9. The van der Waals surface area contributed by atoms with E-state index in [-0.39, 0.29) is 23.0 Å². The third kappa shape index (κ3) is 4.74. The van der Waals surface area contributed by atoms with Crippen molar-refractivity contribution in [2.75, 3.05) is 0 Å². The summed E-state index contributed by atoms with van der Waals surface area (Å²) in [7, 11) is 0. The van der Waals surface area contributed by atoms with Gasteiger partial charge in [0.25, 0.3) is 25.0 Å². The molecule has 0 fully saturated rings. The molecule has 0 heterocycles. The molecule has 0 amide bonds. The zero-order chi connectivity index (χ0) is 23.3. The van der Waals surface area contributed by atoms with E-state index in [1.165, 1.54) is 0 Å². The van der Waals surface area contributed by atoms with E-state index in [9.17, 15) is 0 Å². The second kappa shape index (κ2) is 10.2. The Morgan fingerprint density at radius 2 is 0.903 bits per heavy atom. The molecule has 0 aromatic heterocycles. The van der Waals surface area contributed by atoms with Crippen LogP contribution >= 0.6 is 63.7 Å². The molecule has 2 aromatic carbocycles. The average Bonchev–Trinajstić information content (AvgIpc) is 2.72. The van der Waals surface area contributed by atoms with Gasteiger partial charge >= 0.3 is 0 Å². The fourth-order valence-electron chi connectivity index (χ4n) is 2.78. The maximum atomic E-state index is 9.05. The largest absolute Gasteiger partial charge is 0.383 e. The molecule has 2 aromatic rings. The van der Waals surface area contributed by atoms with Gasteiger partial charge in [0.05, 0.1) is 17.9 Å². The molecule has 156 valence electrons. The van der Waals surface area contributed by atoms with Gasteiger partial charge in [0.1, 0.15) is 0 Å². The minimum absolute atomic E-state index is 0.00891. The van der Waals surface area contributed by atoms with Crippen molar-refractivity contribution in [3.8, 4) is 48.0 Å². The van der Waals surface area contributed by atoms with Crippen LogP contribution in [0.3, 0.4) is 0 Å². The van der Waals surface area contributed by atoms with E-state index >= 15 is 0 Å². The van der Waals surface area contributed by atoms with Gasteiger partial charge in [0.15, 0.2) is 0 Å². The fourth-order valence-corrected chi connectivity index (χ4v) is 5.50. The van der Waals surface area contributed by atoms with Gasteiger partial charge in [-0.15, -0.1) is 21.0 Å². The molecule has 0 bridgehead atoms. The van der Waals surface area contributed by atoms with Crippen molar-refractivity contribution in [2.45, 2.75) is 19.3 Å². The van der Waals surface area contributed by atoms with E-state index in [1.54, 1.807) is 37.2 Å². The highest BCUT2D eigenvalue weighted by atomic mass is 79.9. The van der Waals surface area contributed by atoms with Crippen molar-refractivity contribution < 1.29 is 18.9 Å². The Morgan fingerprint density at radius 3 is 1.19 bits per heavy atom. The van der Waals surface area contributed by atoms with Crippen molar-refractivity contribution in [1.29, 1.82) is 21.0 Å². The predicted octanol–water partition coefficient (Wildman–Crippen LogP) is 6.50. The Kier molecular flexibility index (Phi) is 8.17. The van der Waals surface area contributed by atoms with Gasteiger partial charge in [0.2, 0.25) is 23.0 Å². The van der Waals surface area contributed by atoms with Crippen LogP contribution in [0.4, 0.5) is 0 Å². The quantitative estimate of drug-likeness (QED) is 0.317. The molecule has 8 nitrogen and oxygen atoms in total. The van der Waals surface area contributed by atoms with Crippen LogP contribution in [0.25, 0.3) is 0 Å². The Balaban J connectivity index is 2.85. The van der Waals surface area contributed by atoms with Crippen LogP contribution in [0.2, 0.25) is 0 Å². The minimum Gasteiger partial charge on any atom is -0.383 e. The Hall–Kier alpha value is -2.48. The van der Waals surface area contributed by atoms with E-state index in [1.807, 2.05) is 13.8 Å². The van der Waals surface area contributed by atoms with Crippen LogP contribution < -0.4 is 18.9 Å². The molecule has 2 rings (SSSR count). The highest BCUT2D eigenvalue weighted by molar-refractivity contribution is 9.11. The SMILES string of the molecule is CC(C)(c1cc(Br)c(OC#N)c(OC#N)c1Br)c1cc(Br)c(OC#N)c(OC#N)c1Br. The van der Waals surface area contributed by atoms with Crippen LogP contribution in [0, 0.1) is 46.1 Å². The molecule has 0 atom stereocenters. The van der Waals surface area contributed by atoms with E-state index in [2.05, 4.69) is 63.7 Å². The molecule has 0 aliphatic rings. The molecule has 0 spiro atoms. The number of nitrogens with zero attached hydrogens (tertiary/aromatic N) is 4. The van der Waals surface area contributed by atoms with Gasteiger partial charge in [-0.2, -0.15) is 0 Å². The Morgan fingerprint density at radius 1 is 0.613 bits per heavy atom. The third-order valence-corrected chi connectivity index (χ3v) is 6.95. The highest BCUT2D eigenvalue weighted by Crippen LogP contribution is 2.52.